The highest BCUT2D eigenvalue weighted by Gasteiger charge is 2.27. The summed E-state index contributed by atoms with van der Waals surface area (Å²) in [4.78, 5) is 36.5. The Labute approximate surface area is 162 Å². The summed E-state index contributed by atoms with van der Waals surface area (Å²) in [5, 5.41) is 19.9. The van der Waals surface area contributed by atoms with Crippen molar-refractivity contribution in [1.82, 2.24) is 4.90 Å². The third-order valence-corrected chi connectivity index (χ3v) is 4.87. The number of carbonyl (C=O) groups excluding carboxylic acids is 3. The smallest absolute Gasteiger partial charge is 0.257 e. The van der Waals surface area contributed by atoms with Gasteiger partial charge in [-0.3, -0.25) is 14.4 Å². The minimum atomic E-state index is -0.336. The Bertz CT molecular complexity index is 894. The number of phenols is 2. The van der Waals surface area contributed by atoms with E-state index in [0.29, 0.717) is 31.4 Å². The molecule has 1 aliphatic heterocycles. The molecule has 1 fully saturated rings. The van der Waals surface area contributed by atoms with E-state index in [1.807, 2.05) is 0 Å². The summed E-state index contributed by atoms with van der Waals surface area (Å²) in [7, 11) is 0. The number of likely N-dealkylation sites (tertiary alicyclic amines) is 1. The molecule has 1 amide bonds. The summed E-state index contributed by atoms with van der Waals surface area (Å²) >= 11 is 0. The molecular weight excluding hydrogens is 362 g/mol. The molecule has 3 rings (SSSR count). The van der Waals surface area contributed by atoms with Crippen molar-refractivity contribution in [2.24, 2.45) is 5.92 Å². The lowest BCUT2D eigenvalue weighted by Gasteiger charge is -2.33. The van der Waals surface area contributed by atoms with Gasteiger partial charge in [-0.2, -0.15) is 0 Å². The number of hydrogen-bond donors (Lipinski definition) is 2. The number of piperidine rings is 1. The van der Waals surface area contributed by atoms with E-state index in [4.69, 9.17) is 4.74 Å². The van der Waals surface area contributed by atoms with Crippen molar-refractivity contribution < 1.29 is 29.3 Å². The number of amides is 1. The van der Waals surface area contributed by atoms with Crippen LogP contribution in [0.4, 0.5) is 0 Å². The maximum atomic E-state index is 12.8. The van der Waals surface area contributed by atoms with E-state index in [9.17, 15) is 24.6 Å². The topological polar surface area (TPSA) is 104 Å². The van der Waals surface area contributed by atoms with Crippen LogP contribution in [-0.4, -0.2) is 53.3 Å². The fraction of sp³-hybridized carbons (Fsp3) is 0.286. The van der Waals surface area contributed by atoms with Gasteiger partial charge in [0.2, 0.25) is 0 Å². The predicted molar refractivity (Wildman–Crippen MR) is 101 cm³/mol. The average molecular weight is 383 g/mol. The van der Waals surface area contributed by atoms with Crippen LogP contribution in [0.5, 0.6) is 17.2 Å². The van der Waals surface area contributed by atoms with Gasteiger partial charge < -0.3 is 19.8 Å². The van der Waals surface area contributed by atoms with E-state index in [-0.39, 0.29) is 46.6 Å². The van der Waals surface area contributed by atoms with Crippen molar-refractivity contribution >= 4 is 18.5 Å². The summed E-state index contributed by atoms with van der Waals surface area (Å²) in [5.74, 6) is -0.447. The number of ether oxygens (including phenoxy) is 1. The largest absolute Gasteiger partial charge is 0.507 e. The molecule has 7 heteroatoms. The number of hydrogen-bond acceptors (Lipinski definition) is 6. The Morgan fingerprint density at radius 1 is 1.14 bits per heavy atom. The molecule has 0 bridgehead atoms. The average Bonchev–Trinajstić information content (AvgIpc) is 2.72. The number of carbonyl (C=O) groups is 3. The van der Waals surface area contributed by atoms with Gasteiger partial charge in [-0.1, -0.05) is 12.1 Å². The SMILES string of the molecule is O=Cc1cccc(C(=O)N2CCC[C@@H](COc3cccc(O)c3C=O)C2)c1O. The van der Waals surface area contributed by atoms with Crippen LogP contribution in [0.15, 0.2) is 36.4 Å². The molecule has 0 radical (unpaired) electrons. The zero-order chi connectivity index (χ0) is 20.1. The first-order valence-corrected chi connectivity index (χ1v) is 9.01. The first-order chi connectivity index (χ1) is 13.5. The van der Waals surface area contributed by atoms with Gasteiger partial charge in [0.15, 0.2) is 12.6 Å². The standard InChI is InChI=1S/C21H21NO6/c23-11-15-5-1-6-16(20(15)26)21(27)22-9-3-4-14(10-22)13-28-19-8-2-7-18(25)17(19)12-24/h1-2,5-8,11-12,14,25-26H,3-4,9-10,13H2/t14-/m1/s1. The Morgan fingerprint density at radius 3 is 2.68 bits per heavy atom. The zero-order valence-corrected chi connectivity index (χ0v) is 15.2. The lowest BCUT2D eigenvalue weighted by Crippen LogP contribution is -2.41. The molecule has 0 aromatic heterocycles. The zero-order valence-electron chi connectivity index (χ0n) is 15.2. The second-order valence-electron chi connectivity index (χ2n) is 6.74. The molecule has 146 valence electrons. The molecule has 0 saturated carbocycles. The lowest BCUT2D eigenvalue weighted by molar-refractivity contribution is 0.0630. The summed E-state index contributed by atoms with van der Waals surface area (Å²) in [5.41, 5.74) is 0.275. The molecule has 0 unspecified atom stereocenters. The Hall–Kier alpha value is -3.35. The molecule has 2 aromatic rings. The summed E-state index contributed by atoms with van der Waals surface area (Å²) in [6, 6.07) is 9.12. The van der Waals surface area contributed by atoms with Gasteiger partial charge in [0.05, 0.1) is 23.3 Å². The predicted octanol–water partition coefficient (Wildman–Crippen LogP) is 2.65. The summed E-state index contributed by atoms with van der Waals surface area (Å²) < 4.78 is 5.72. The number of aldehydes is 2. The van der Waals surface area contributed by atoms with Crippen LogP contribution in [0.2, 0.25) is 0 Å². The van der Waals surface area contributed by atoms with Crippen molar-refractivity contribution in [3.8, 4) is 17.2 Å². The molecule has 2 N–H and O–H groups in total. The van der Waals surface area contributed by atoms with Crippen LogP contribution >= 0.6 is 0 Å². The minimum Gasteiger partial charge on any atom is -0.507 e. The van der Waals surface area contributed by atoms with Crippen LogP contribution in [0.1, 0.15) is 43.9 Å². The number of benzene rings is 2. The number of rotatable bonds is 6. The highest BCUT2D eigenvalue weighted by Crippen LogP contribution is 2.28. The molecule has 0 aliphatic carbocycles. The molecule has 1 saturated heterocycles. The van der Waals surface area contributed by atoms with Crippen LogP contribution in [0.3, 0.4) is 0 Å². The highest BCUT2D eigenvalue weighted by atomic mass is 16.5. The van der Waals surface area contributed by atoms with Gasteiger partial charge >= 0.3 is 0 Å². The van der Waals surface area contributed by atoms with Gasteiger partial charge in [-0.05, 0) is 37.1 Å². The Morgan fingerprint density at radius 2 is 1.93 bits per heavy atom. The highest BCUT2D eigenvalue weighted by molar-refractivity contribution is 5.99. The van der Waals surface area contributed by atoms with Crippen molar-refractivity contribution in [3.05, 3.63) is 53.1 Å². The van der Waals surface area contributed by atoms with E-state index in [0.717, 1.165) is 12.8 Å². The van der Waals surface area contributed by atoms with E-state index in [1.165, 1.54) is 18.2 Å². The number of nitrogens with zero attached hydrogens (tertiary/aromatic N) is 1. The molecule has 2 aromatic carbocycles. The van der Waals surface area contributed by atoms with Crippen LogP contribution in [0, 0.1) is 5.92 Å². The first-order valence-electron chi connectivity index (χ1n) is 9.01. The van der Waals surface area contributed by atoms with Crippen molar-refractivity contribution in [1.29, 1.82) is 0 Å². The van der Waals surface area contributed by atoms with Crippen LogP contribution < -0.4 is 4.74 Å². The quantitative estimate of drug-likeness (QED) is 0.743. The third kappa shape index (κ3) is 3.98. The van der Waals surface area contributed by atoms with Gasteiger partial charge in [0.1, 0.15) is 17.2 Å². The first kappa shape index (κ1) is 19.4. The van der Waals surface area contributed by atoms with Crippen molar-refractivity contribution in [2.45, 2.75) is 12.8 Å². The van der Waals surface area contributed by atoms with E-state index < -0.39 is 0 Å². The van der Waals surface area contributed by atoms with Gasteiger partial charge in [0.25, 0.3) is 5.91 Å². The van der Waals surface area contributed by atoms with Crippen molar-refractivity contribution in [2.75, 3.05) is 19.7 Å². The molecule has 0 spiro atoms. The number of phenolic OH excluding ortho intramolecular Hbond substituents is 2. The monoisotopic (exact) mass is 383 g/mol. The van der Waals surface area contributed by atoms with Crippen LogP contribution in [-0.2, 0) is 0 Å². The maximum absolute atomic E-state index is 12.8. The lowest BCUT2D eigenvalue weighted by atomic mass is 9.97. The molecule has 28 heavy (non-hydrogen) atoms. The third-order valence-electron chi connectivity index (χ3n) is 4.87. The molecule has 7 nitrogen and oxygen atoms in total. The van der Waals surface area contributed by atoms with E-state index >= 15 is 0 Å². The summed E-state index contributed by atoms with van der Waals surface area (Å²) in [6.07, 6.45) is 2.68. The minimum absolute atomic E-state index is 0.0379. The van der Waals surface area contributed by atoms with E-state index in [2.05, 4.69) is 0 Å². The summed E-state index contributed by atoms with van der Waals surface area (Å²) in [6.45, 7) is 1.26. The van der Waals surface area contributed by atoms with Gasteiger partial charge in [-0.25, -0.2) is 0 Å². The fourth-order valence-electron chi connectivity index (χ4n) is 3.37. The Balaban J connectivity index is 1.68. The molecule has 1 heterocycles. The maximum Gasteiger partial charge on any atom is 0.257 e. The van der Waals surface area contributed by atoms with Crippen molar-refractivity contribution in [3.63, 3.8) is 0 Å². The molecular formula is C21H21NO6. The second kappa shape index (κ2) is 8.56. The molecule has 1 aliphatic rings. The van der Waals surface area contributed by atoms with Gasteiger partial charge in [-0.15, -0.1) is 0 Å². The Kier molecular flexibility index (Phi) is 5.93. The van der Waals surface area contributed by atoms with Crippen LogP contribution in [0.25, 0.3) is 0 Å². The molecule has 1 atom stereocenters. The number of para-hydroxylation sites is 1. The van der Waals surface area contributed by atoms with Gasteiger partial charge in [0, 0.05) is 19.0 Å². The van der Waals surface area contributed by atoms with E-state index in [1.54, 1.807) is 23.1 Å². The fourth-order valence-corrected chi connectivity index (χ4v) is 3.37. The second-order valence-corrected chi connectivity index (χ2v) is 6.74. The number of aromatic hydroxyl groups is 2. The normalized spacial score (nSPS) is 16.4.